The van der Waals surface area contributed by atoms with Crippen LogP contribution in [0, 0.1) is 0 Å². The number of Topliss-reactive ketones (excluding diaryl/α,β-unsaturated/α-hetero) is 1. The first-order chi connectivity index (χ1) is 10.7. The van der Waals surface area contributed by atoms with E-state index >= 15 is 0 Å². The molecule has 0 fully saturated rings. The second kappa shape index (κ2) is 5.81. The monoisotopic (exact) mass is 293 g/mol. The summed E-state index contributed by atoms with van der Waals surface area (Å²) in [5, 5.41) is 8.35. The highest BCUT2D eigenvalue weighted by molar-refractivity contribution is 6.42. The number of carbonyl (C=O) groups is 2. The highest BCUT2D eigenvalue weighted by Crippen LogP contribution is 2.23. The maximum atomic E-state index is 12.3. The topological polar surface area (TPSA) is 61.8 Å². The van der Waals surface area contributed by atoms with Gasteiger partial charge in [0.15, 0.2) is 5.78 Å². The maximum Gasteiger partial charge on any atom is 0.343 e. The Morgan fingerprint density at radius 3 is 2.23 bits per heavy atom. The van der Waals surface area contributed by atoms with Crippen molar-refractivity contribution in [1.29, 1.82) is 0 Å². The molecule has 2 aromatic carbocycles. The number of rotatable bonds is 3. The van der Waals surface area contributed by atoms with Crippen LogP contribution in [0.25, 0.3) is 0 Å². The third kappa shape index (κ3) is 2.61. The fraction of sp³-hybridized carbons (Fsp3) is 0.118. The molecule has 0 saturated carbocycles. The van der Waals surface area contributed by atoms with Crippen LogP contribution in [0.2, 0.25) is 0 Å². The van der Waals surface area contributed by atoms with E-state index in [9.17, 15) is 9.59 Å². The van der Waals surface area contributed by atoms with Gasteiger partial charge < -0.3 is 5.32 Å². The van der Waals surface area contributed by atoms with E-state index in [1.165, 1.54) is 11.9 Å². The highest BCUT2D eigenvalue weighted by atomic mass is 16.2. The SMILES string of the molecule is CC(=O)C1=NN(c2ccccc2)C(=O)NC1c1ccccc1. The van der Waals surface area contributed by atoms with Crippen LogP contribution < -0.4 is 10.3 Å². The molecule has 0 aliphatic carbocycles. The van der Waals surface area contributed by atoms with Crippen LogP contribution in [0.3, 0.4) is 0 Å². The largest absolute Gasteiger partial charge is 0.343 e. The summed E-state index contributed by atoms with van der Waals surface area (Å²) in [6.45, 7) is 1.45. The number of amides is 2. The predicted octanol–water partition coefficient (Wildman–Crippen LogP) is 2.90. The summed E-state index contributed by atoms with van der Waals surface area (Å²) in [7, 11) is 0. The van der Waals surface area contributed by atoms with Gasteiger partial charge in [-0.3, -0.25) is 4.79 Å². The van der Waals surface area contributed by atoms with Gasteiger partial charge in [-0.25, -0.2) is 4.79 Å². The Morgan fingerprint density at radius 1 is 1.05 bits per heavy atom. The minimum Gasteiger partial charge on any atom is -0.323 e. The quantitative estimate of drug-likeness (QED) is 0.945. The van der Waals surface area contributed by atoms with E-state index in [1.807, 2.05) is 48.5 Å². The van der Waals surface area contributed by atoms with Crippen molar-refractivity contribution in [3.05, 3.63) is 66.2 Å². The lowest BCUT2D eigenvalue weighted by Crippen LogP contribution is -2.49. The molecule has 0 spiro atoms. The Morgan fingerprint density at radius 2 is 1.64 bits per heavy atom. The van der Waals surface area contributed by atoms with Gasteiger partial charge in [-0.05, 0) is 17.7 Å². The van der Waals surface area contributed by atoms with E-state index in [1.54, 1.807) is 12.1 Å². The number of urea groups is 1. The molecule has 0 saturated heterocycles. The maximum absolute atomic E-state index is 12.3. The lowest BCUT2D eigenvalue weighted by molar-refractivity contribution is -0.111. The number of hydrogen-bond donors (Lipinski definition) is 1. The zero-order valence-electron chi connectivity index (χ0n) is 12.1. The number of para-hydroxylation sites is 1. The number of nitrogens with one attached hydrogen (secondary N) is 1. The number of benzene rings is 2. The van der Waals surface area contributed by atoms with Crippen molar-refractivity contribution in [3.8, 4) is 0 Å². The Hall–Kier alpha value is -2.95. The number of ketones is 1. The van der Waals surface area contributed by atoms with Crippen LogP contribution in [0.1, 0.15) is 18.5 Å². The summed E-state index contributed by atoms with van der Waals surface area (Å²) < 4.78 is 0. The molecule has 1 N–H and O–H groups in total. The number of nitrogens with zero attached hydrogens (tertiary/aromatic N) is 2. The minimum absolute atomic E-state index is 0.171. The van der Waals surface area contributed by atoms with E-state index in [0.29, 0.717) is 11.4 Å². The molecule has 1 unspecified atom stereocenters. The molecule has 1 heterocycles. The van der Waals surface area contributed by atoms with Crippen LogP contribution in [-0.4, -0.2) is 17.5 Å². The highest BCUT2D eigenvalue weighted by Gasteiger charge is 2.32. The van der Waals surface area contributed by atoms with Crippen LogP contribution >= 0.6 is 0 Å². The molecule has 1 atom stereocenters. The summed E-state index contributed by atoms with van der Waals surface area (Å²) >= 11 is 0. The van der Waals surface area contributed by atoms with Gasteiger partial charge in [0.05, 0.1) is 5.69 Å². The number of hydrazone groups is 1. The Kier molecular flexibility index (Phi) is 3.70. The third-order valence-electron chi connectivity index (χ3n) is 3.44. The lowest BCUT2D eigenvalue weighted by atomic mass is 9.99. The zero-order valence-corrected chi connectivity index (χ0v) is 12.1. The average molecular weight is 293 g/mol. The van der Waals surface area contributed by atoms with Gasteiger partial charge in [0.1, 0.15) is 11.8 Å². The van der Waals surface area contributed by atoms with E-state index in [0.717, 1.165) is 5.56 Å². The van der Waals surface area contributed by atoms with Crippen molar-refractivity contribution in [3.63, 3.8) is 0 Å². The minimum atomic E-state index is -0.522. The molecule has 1 aliphatic rings. The molecule has 1 aliphatic heterocycles. The molecule has 0 aromatic heterocycles. The van der Waals surface area contributed by atoms with Crippen molar-refractivity contribution >= 4 is 23.2 Å². The second-order valence-electron chi connectivity index (χ2n) is 4.98. The van der Waals surface area contributed by atoms with Crippen molar-refractivity contribution in [2.75, 3.05) is 5.01 Å². The first kappa shape index (κ1) is 14.0. The first-order valence-corrected chi connectivity index (χ1v) is 6.97. The average Bonchev–Trinajstić information content (AvgIpc) is 2.56. The summed E-state index contributed by atoms with van der Waals surface area (Å²) in [6, 6.07) is 17.5. The van der Waals surface area contributed by atoms with Gasteiger partial charge in [-0.2, -0.15) is 10.1 Å². The predicted molar refractivity (Wildman–Crippen MR) is 84.8 cm³/mol. The standard InChI is InChI=1S/C17H15N3O2/c1-12(21)15-16(13-8-4-2-5-9-13)18-17(22)20(19-15)14-10-6-3-7-11-14/h2-11,16H,1H3,(H,18,22). The van der Waals surface area contributed by atoms with Gasteiger partial charge in [-0.1, -0.05) is 48.5 Å². The molecular formula is C17H15N3O2. The van der Waals surface area contributed by atoms with Gasteiger partial charge in [0.2, 0.25) is 0 Å². The van der Waals surface area contributed by atoms with E-state index < -0.39 is 6.04 Å². The van der Waals surface area contributed by atoms with Crippen LogP contribution in [0.15, 0.2) is 65.8 Å². The third-order valence-corrected chi connectivity index (χ3v) is 3.44. The van der Waals surface area contributed by atoms with Crippen molar-refractivity contribution in [2.45, 2.75) is 13.0 Å². The number of carbonyl (C=O) groups excluding carboxylic acids is 2. The van der Waals surface area contributed by atoms with Gasteiger partial charge in [0.25, 0.3) is 0 Å². The summed E-state index contributed by atoms with van der Waals surface area (Å²) in [6.07, 6.45) is 0. The summed E-state index contributed by atoms with van der Waals surface area (Å²) in [5.74, 6) is -0.171. The number of anilines is 1. The smallest absolute Gasteiger partial charge is 0.323 e. The molecule has 0 radical (unpaired) electrons. The molecule has 110 valence electrons. The second-order valence-corrected chi connectivity index (χ2v) is 4.98. The lowest BCUT2D eigenvalue weighted by Gasteiger charge is -2.30. The van der Waals surface area contributed by atoms with E-state index in [2.05, 4.69) is 10.4 Å². The Labute approximate surface area is 128 Å². The zero-order chi connectivity index (χ0) is 15.5. The normalized spacial score (nSPS) is 17.7. The molecule has 5 heteroatoms. The van der Waals surface area contributed by atoms with Crippen LogP contribution in [0.4, 0.5) is 10.5 Å². The molecule has 2 amide bonds. The molecule has 2 aromatic rings. The molecular weight excluding hydrogens is 278 g/mol. The van der Waals surface area contributed by atoms with Crippen LogP contribution in [0.5, 0.6) is 0 Å². The summed E-state index contributed by atoms with van der Waals surface area (Å²) in [4.78, 5) is 24.3. The van der Waals surface area contributed by atoms with Gasteiger partial charge >= 0.3 is 6.03 Å². The Balaban J connectivity index is 2.03. The van der Waals surface area contributed by atoms with Crippen molar-refractivity contribution in [2.24, 2.45) is 5.10 Å². The fourth-order valence-electron chi connectivity index (χ4n) is 2.37. The fourth-order valence-corrected chi connectivity index (χ4v) is 2.37. The first-order valence-electron chi connectivity index (χ1n) is 6.97. The van der Waals surface area contributed by atoms with Gasteiger partial charge in [0, 0.05) is 6.92 Å². The van der Waals surface area contributed by atoms with Crippen molar-refractivity contribution < 1.29 is 9.59 Å². The van der Waals surface area contributed by atoms with Gasteiger partial charge in [-0.15, -0.1) is 0 Å². The molecule has 5 nitrogen and oxygen atoms in total. The number of hydrogen-bond acceptors (Lipinski definition) is 3. The van der Waals surface area contributed by atoms with E-state index in [-0.39, 0.29) is 11.8 Å². The molecule has 0 bridgehead atoms. The molecule has 3 rings (SSSR count). The molecule has 22 heavy (non-hydrogen) atoms. The van der Waals surface area contributed by atoms with Crippen molar-refractivity contribution in [1.82, 2.24) is 5.32 Å². The van der Waals surface area contributed by atoms with E-state index in [4.69, 9.17) is 0 Å². The Bertz CT molecular complexity index is 726. The van der Waals surface area contributed by atoms with Crippen LogP contribution in [-0.2, 0) is 4.79 Å². The summed E-state index contributed by atoms with van der Waals surface area (Å²) in [5.41, 5.74) is 1.76.